The number of benzene rings is 1. The van der Waals surface area contributed by atoms with E-state index in [1.165, 1.54) is 17.5 Å². The van der Waals surface area contributed by atoms with Crippen molar-refractivity contribution in [2.24, 2.45) is 0 Å². The molecule has 5 heteroatoms. The van der Waals surface area contributed by atoms with Crippen LogP contribution in [0.2, 0.25) is 0 Å². The summed E-state index contributed by atoms with van der Waals surface area (Å²) in [6.45, 7) is 4.69. The van der Waals surface area contributed by atoms with Gasteiger partial charge in [0.15, 0.2) is 5.82 Å². The lowest BCUT2D eigenvalue weighted by Gasteiger charge is -2.17. The number of aromatic nitrogens is 2. The predicted octanol–water partition coefficient (Wildman–Crippen LogP) is 3.20. The van der Waals surface area contributed by atoms with Crippen molar-refractivity contribution in [2.45, 2.75) is 51.4 Å². The fourth-order valence-electron chi connectivity index (χ4n) is 3.50. The number of fused-ring (bicyclic) bond motifs is 1. The molecule has 0 N–H and O–H groups in total. The summed E-state index contributed by atoms with van der Waals surface area (Å²) < 4.78 is 5.38. The number of carbonyl (C=O) groups is 1. The zero-order valence-electron chi connectivity index (χ0n) is 13.6. The van der Waals surface area contributed by atoms with Gasteiger partial charge in [-0.2, -0.15) is 4.98 Å². The van der Waals surface area contributed by atoms with Crippen molar-refractivity contribution >= 4 is 11.6 Å². The molecule has 0 radical (unpaired) electrons. The highest BCUT2D eigenvalue weighted by atomic mass is 16.5. The van der Waals surface area contributed by atoms with Crippen LogP contribution in [-0.2, 0) is 17.6 Å². The van der Waals surface area contributed by atoms with E-state index in [-0.39, 0.29) is 17.7 Å². The van der Waals surface area contributed by atoms with Crippen molar-refractivity contribution < 1.29 is 9.32 Å². The molecule has 0 bridgehead atoms. The highest BCUT2D eigenvalue weighted by Crippen LogP contribution is 2.34. The van der Waals surface area contributed by atoms with E-state index >= 15 is 0 Å². The highest BCUT2D eigenvalue weighted by Gasteiger charge is 2.35. The van der Waals surface area contributed by atoms with Gasteiger partial charge in [0.2, 0.25) is 11.8 Å². The first kappa shape index (κ1) is 14.4. The Morgan fingerprint density at radius 1 is 1.26 bits per heavy atom. The van der Waals surface area contributed by atoms with Crippen LogP contribution in [0.15, 0.2) is 22.7 Å². The maximum absolute atomic E-state index is 12.4. The number of rotatable bonds is 3. The second-order valence-corrected chi connectivity index (χ2v) is 6.86. The van der Waals surface area contributed by atoms with E-state index in [2.05, 4.69) is 28.3 Å². The van der Waals surface area contributed by atoms with Gasteiger partial charge >= 0.3 is 0 Å². The second-order valence-electron chi connectivity index (χ2n) is 6.86. The first-order valence-corrected chi connectivity index (χ1v) is 8.37. The van der Waals surface area contributed by atoms with Crippen molar-refractivity contribution in [1.29, 1.82) is 0 Å². The van der Waals surface area contributed by atoms with E-state index in [9.17, 15) is 4.79 Å². The Morgan fingerprint density at radius 3 is 2.87 bits per heavy atom. The lowest BCUT2D eigenvalue weighted by Crippen LogP contribution is -2.24. The largest absolute Gasteiger partial charge is 0.339 e. The molecule has 120 valence electrons. The third kappa shape index (κ3) is 2.54. The molecular weight excluding hydrogens is 290 g/mol. The summed E-state index contributed by atoms with van der Waals surface area (Å²) in [4.78, 5) is 18.8. The molecule has 2 aromatic rings. The molecule has 2 aliphatic rings. The maximum Gasteiger partial charge on any atom is 0.232 e. The Hall–Kier alpha value is -2.17. The van der Waals surface area contributed by atoms with Gasteiger partial charge in [-0.15, -0.1) is 0 Å². The minimum atomic E-state index is -0.00393. The number of aryl methyl sites for hydroxylation is 2. The molecule has 2 heterocycles. The number of hydrogen-bond acceptors (Lipinski definition) is 4. The quantitative estimate of drug-likeness (QED) is 0.873. The van der Waals surface area contributed by atoms with Gasteiger partial charge < -0.3 is 9.42 Å². The van der Waals surface area contributed by atoms with E-state index in [1.807, 2.05) is 18.7 Å². The summed E-state index contributed by atoms with van der Waals surface area (Å²) >= 11 is 0. The molecule has 1 aromatic heterocycles. The van der Waals surface area contributed by atoms with Crippen LogP contribution in [0, 0.1) is 0 Å². The molecule has 23 heavy (non-hydrogen) atoms. The van der Waals surface area contributed by atoms with Crippen molar-refractivity contribution in [3.05, 3.63) is 41.0 Å². The SMILES string of the molecule is CC(C)c1noc(C2CC(=O)N(c3ccc4c(c3)CCC4)C2)n1. The molecule has 1 fully saturated rings. The number of anilines is 1. The molecule has 1 aliphatic carbocycles. The molecular formula is C18H21N3O2. The Balaban J connectivity index is 1.56. The van der Waals surface area contributed by atoms with Crippen molar-refractivity contribution in [3.8, 4) is 0 Å². The molecule has 1 aliphatic heterocycles. The molecule has 1 unspecified atom stereocenters. The van der Waals surface area contributed by atoms with Gasteiger partial charge in [0.1, 0.15) is 0 Å². The van der Waals surface area contributed by atoms with Gasteiger partial charge in [-0.1, -0.05) is 25.1 Å². The Labute approximate surface area is 135 Å². The first-order valence-electron chi connectivity index (χ1n) is 8.37. The summed E-state index contributed by atoms with van der Waals surface area (Å²) in [6, 6.07) is 6.41. The third-order valence-electron chi connectivity index (χ3n) is 4.84. The molecule has 1 atom stereocenters. The smallest absolute Gasteiger partial charge is 0.232 e. The topological polar surface area (TPSA) is 59.2 Å². The lowest BCUT2D eigenvalue weighted by atomic mass is 10.1. The number of amides is 1. The zero-order chi connectivity index (χ0) is 16.0. The lowest BCUT2D eigenvalue weighted by molar-refractivity contribution is -0.117. The van der Waals surface area contributed by atoms with Gasteiger partial charge in [0.05, 0.1) is 5.92 Å². The van der Waals surface area contributed by atoms with Crippen molar-refractivity contribution in [3.63, 3.8) is 0 Å². The van der Waals surface area contributed by atoms with Crippen molar-refractivity contribution in [1.82, 2.24) is 10.1 Å². The fraction of sp³-hybridized carbons (Fsp3) is 0.500. The third-order valence-corrected chi connectivity index (χ3v) is 4.84. The van der Waals surface area contributed by atoms with Crippen LogP contribution in [0.3, 0.4) is 0 Å². The van der Waals surface area contributed by atoms with Crippen LogP contribution in [0.1, 0.15) is 61.4 Å². The molecule has 1 saturated heterocycles. The van der Waals surface area contributed by atoms with Crippen LogP contribution < -0.4 is 4.90 Å². The van der Waals surface area contributed by atoms with Gasteiger partial charge in [-0.05, 0) is 42.5 Å². The molecule has 1 aromatic carbocycles. The van der Waals surface area contributed by atoms with Gasteiger partial charge in [0.25, 0.3) is 0 Å². The number of hydrogen-bond donors (Lipinski definition) is 0. The maximum atomic E-state index is 12.4. The summed E-state index contributed by atoms with van der Waals surface area (Å²) in [6.07, 6.45) is 3.94. The minimum Gasteiger partial charge on any atom is -0.339 e. The minimum absolute atomic E-state index is 0.00393. The number of carbonyl (C=O) groups excluding carboxylic acids is 1. The standard InChI is InChI=1S/C18H21N3O2/c1-11(2)17-19-18(23-20-17)14-9-16(22)21(10-14)15-7-6-12-4-3-5-13(12)8-15/h6-8,11,14H,3-5,9-10H2,1-2H3. The van der Waals surface area contributed by atoms with Crippen LogP contribution >= 0.6 is 0 Å². The van der Waals surface area contributed by atoms with E-state index in [0.717, 1.165) is 18.5 Å². The van der Waals surface area contributed by atoms with Gasteiger partial charge in [0, 0.05) is 24.6 Å². The van der Waals surface area contributed by atoms with E-state index in [1.54, 1.807) is 0 Å². The monoisotopic (exact) mass is 311 g/mol. The van der Waals surface area contributed by atoms with E-state index < -0.39 is 0 Å². The fourth-order valence-corrected chi connectivity index (χ4v) is 3.50. The molecule has 4 rings (SSSR count). The van der Waals surface area contributed by atoms with Crippen LogP contribution in [0.25, 0.3) is 0 Å². The van der Waals surface area contributed by atoms with Gasteiger partial charge in [-0.3, -0.25) is 4.79 Å². The Bertz CT molecular complexity index is 750. The van der Waals surface area contributed by atoms with Crippen LogP contribution in [0.4, 0.5) is 5.69 Å². The molecule has 0 spiro atoms. The van der Waals surface area contributed by atoms with Crippen LogP contribution in [0.5, 0.6) is 0 Å². The Morgan fingerprint density at radius 2 is 2.09 bits per heavy atom. The van der Waals surface area contributed by atoms with E-state index in [4.69, 9.17) is 4.52 Å². The first-order chi connectivity index (χ1) is 11.1. The van der Waals surface area contributed by atoms with Gasteiger partial charge in [-0.25, -0.2) is 0 Å². The summed E-state index contributed by atoms with van der Waals surface area (Å²) in [5, 5.41) is 4.01. The molecule has 5 nitrogen and oxygen atoms in total. The molecule has 1 amide bonds. The van der Waals surface area contributed by atoms with Crippen molar-refractivity contribution in [2.75, 3.05) is 11.4 Å². The zero-order valence-corrected chi connectivity index (χ0v) is 13.6. The highest BCUT2D eigenvalue weighted by molar-refractivity contribution is 5.96. The van der Waals surface area contributed by atoms with E-state index in [0.29, 0.717) is 24.7 Å². The Kier molecular flexibility index (Phi) is 3.43. The summed E-state index contributed by atoms with van der Waals surface area (Å²) in [5.41, 5.74) is 3.82. The number of nitrogens with zero attached hydrogens (tertiary/aromatic N) is 3. The second kappa shape index (κ2) is 5.48. The molecule has 0 saturated carbocycles. The predicted molar refractivity (Wildman–Crippen MR) is 86.6 cm³/mol. The summed E-state index contributed by atoms with van der Waals surface area (Å²) in [5.74, 6) is 1.67. The summed E-state index contributed by atoms with van der Waals surface area (Å²) in [7, 11) is 0. The average Bonchev–Trinajstić information content (AvgIpc) is 3.25. The van der Waals surface area contributed by atoms with Crippen LogP contribution in [-0.4, -0.2) is 22.6 Å². The average molecular weight is 311 g/mol. The normalized spacial score (nSPS) is 20.6.